The van der Waals surface area contributed by atoms with E-state index in [2.05, 4.69) is 4.98 Å². The van der Waals surface area contributed by atoms with Crippen molar-refractivity contribution < 1.29 is 9.84 Å². The zero-order valence-corrected chi connectivity index (χ0v) is 8.92. The second-order valence-corrected chi connectivity index (χ2v) is 3.44. The first kappa shape index (κ1) is 10.4. The van der Waals surface area contributed by atoms with Crippen molar-refractivity contribution in [3.63, 3.8) is 0 Å². The number of aromatic nitrogens is 2. The highest BCUT2D eigenvalue weighted by molar-refractivity contribution is 5.30. The Hall–Kier alpha value is -2.17. The molecular weight excluding hydrogens is 206 g/mol. The fourth-order valence-corrected chi connectivity index (χ4v) is 1.29. The first-order valence-electron chi connectivity index (χ1n) is 4.84. The van der Waals surface area contributed by atoms with E-state index in [9.17, 15) is 0 Å². The number of anilines is 1. The molecule has 16 heavy (non-hydrogen) atoms. The second-order valence-electron chi connectivity index (χ2n) is 3.44. The maximum absolute atomic E-state index is 9.10. The molecule has 0 spiro atoms. The van der Waals surface area contributed by atoms with Crippen molar-refractivity contribution in [1.29, 1.82) is 0 Å². The summed E-state index contributed by atoms with van der Waals surface area (Å²) in [6, 6.07) is 6.54. The normalized spacial score (nSPS) is 10.3. The van der Waals surface area contributed by atoms with Crippen LogP contribution in [0.15, 0.2) is 30.5 Å². The first-order chi connectivity index (χ1) is 7.66. The van der Waals surface area contributed by atoms with E-state index in [-0.39, 0.29) is 5.75 Å². The minimum absolute atomic E-state index is 0.216. The minimum atomic E-state index is 0.216. The van der Waals surface area contributed by atoms with Gasteiger partial charge in [0.15, 0.2) is 0 Å². The van der Waals surface area contributed by atoms with E-state index < -0.39 is 0 Å². The highest BCUT2D eigenvalue weighted by atomic mass is 16.5. The number of imidazole rings is 1. The largest absolute Gasteiger partial charge is 0.508 e. The number of ether oxygens (including phenoxy) is 1. The molecule has 5 heteroatoms. The lowest BCUT2D eigenvalue weighted by Crippen LogP contribution is -2.05. The summed E-state index contributed by atoms with van der Waals surface area (Å²) in [5, 5.41) is 9.10. The quantitative estimate of drug-likeness (QED) is 0.815. The van der Waals surface area contributed by atoms with Gasteiger partial charge in [-0.15, -0.1) is 0 Å². The maximum Gasteiger partial charge on any atom is 0.148 e. The van der Waals surface area contributed by atoms with E-state index in [1.165, 1.54) is 0 Å². The van der Waals surface area contributed by atoms with Crippen molar-refractivity contribution in [1.82, 2.24) is 9.55 Å². The summed E-state index contributed by atoms with van der Waals surface area (Å²) in [5.41, 5.74) is 5.64. The van der Waals surface area contributed by atoms with Gasteiger partial charge < -0.3 is 20.1 Å². The summed E-state index contributed by atoms with van der Waals surface area (Å²) in [5.74, 6) is 2.25. The predicted molar refractivity (Wildman–Crippen MR) is 60.1 cm³/mol. The third-order valence-corrected chi connectivity index (χ3v) is 2.32. The van der Waals surface area contributed by atoms with Crippen LogP contribution >= 0.6 is 0 Å². The van der Waals surface area contributed by atoms with Gasteiger partial charge >= 0.3 is 0 Å². The molecule has 0 atom stereocenters. The molecule has 0 unspecified atom stereocenters. The molecule has 2 rings (SSSR count). The SMILES string of the molecule is Cn1c(N)cnc1COc1ccc(O)cc1. The number of aromatic hydroxyl groups is 1. The van der Waals surface area contributed by atoms with Gasteiger partial charge in [-0.05, 0) is 24.3 Å². The summed E-state index contributed by atoms with van der Waals surface area (Å²) in [4.78, 5) is 4.11. The van der Waals surface area contributed by atoms with Gasteiger partial charge in [0.25, 0.3) is 0 Å². The van der Waals surface area contributed by atoms with Crippen molar-refractivity contribution in [2.24, 2.45) is 7.05 Å². The molecule has 5 nitrogen and oxygen atoms in total. The van der Waals surface area contributed by atoms with Crippen LogP contribution in [0.25, 0.3) is 0 Å². The summed E-state index contributed by atoms with van der Waals surface area (Å²) in [6.45, 7) is 0.346. The zero-order chi connectivity index (χ0) is 11.5. The number of phenolic OH excluding ortho intramolecular Hbond substituents is 1. The number of nitrogens with two attached hydrogens (primary N) is 1. The lowest BCUT2D eigenvalue weighted by atomic mass is 10.3. The maximum atomic E-state index is 9.10. The number of hydrogen-bond donors (Lipinski definition) is 2. The van der Waals surface area contributed by atoms with Gasteiger partial charge in [0, 0.05) is 7.05 Å². The van der Waals surface area contributed by atoms with E-state index in [1.54, 1.807) is 35.0 Å². The smallest absolute Gasteiger partial charge is 0.148 e. The van der Waals surface area contributed by atoms with Gasteiger partial charge in [0.2, 0.25) is 0 Å². The topological polar surface area (TPSA) is 73.3 Å². The van der Waals surface area contributed by atoms with Gasteiger partial charge in [-0.3, -0.25) is 0 Å². The monoisotopic (exact) mass is 219 g/mol. The van der Waals surface area contributed by atoms with Gasteiger partial charge in [-0.1, -0.05) is 0 Å². The van der Waals surface area contributed by atoms with Crippen LogP contribution in [0.4, 0.5) is 5.82 Å². The average molecular weight is 219 g/mol. The number of hydrogen-bond acceptors (Lipinski definition) is 4. The van der Waals surface area contributed by atoms with Crippen LogP contribution in [0.3, 0.4) is 0 Å². The molecule has 84 valence electrons. The molecule has 3 N–H and O–H groups in total. The molecule has 2 aromatic rings. The van der Waals surface area contributed by atoms with Crippen LogP contribution in [-0.2, 0) is 13.7 Å². The molecule has 0 aliphatic heterocycles. The fourth-order valence-electron chi connectivity index (χ4n) is 1.29. The summed E-state index contributed by atoms with van der Waals surface area (Å²) >= 11 is 0. The molecule has 0 saturated carbocycles. The first-order valence-corrected chi connectivity index (χ1v) is 4.84. The third-order valence-electron chi connectivity index (χ3n) is 2.32. The van der Waals surface area contributed by atoms with E-state index in [0.717, 1.165) is 5.82 Å². The Balaban J connectivity index is 2.02. The number of nitrogen functional groups attached to an aromatic ring is 1. The van der Waals surface area contributed by atoms with E-state index in [4.69, 9.17) is 15.6 Å². The van der Waals surface area contributed by atoms with Crippen LogP contribution in [0.2, 0.25) is 0 Å². The van der Waals surface area contributed by atoms with Crippen LogP contribution in [0.5, 0.6) is 11.5 Å². The third kappa shape index (κ3) is 2.08. The van der Waals surface area contributed by atoms with Crippen LogP contribution in [-0.4, -0.2) is 14.7 Å². The van der Waals surface area contributed by atoms with Crippen LogP contribution in [0.1, 0.15) is 5.82 Å². The fraction of sp³-hybridized carbons (Fsp3) is 0.182. The van der Waals surface area contributed by atoms with Gasteiger partial charge in [-0.2, -0.15) is 0 Å². The number of phenols is 1. The predicted octanol–water partition coefficient (Wildman–Crippen LogP) is 1.29. The number of rotatable bonds is 3. The van der Waals surface area contributed by atoms with Crippen molar-refractivity contribution in [2.45, 2.75) is 6.61 Å². The summed E-state index contributed by atoms with van der Waals surface area (Å²) in [7, 11) is 1.83. The highest BCUT2D eigenvalue weighted by Crippen LogP contribution is 2.17. The molecule has 0 saturated heterocycles. The molecule has 1 heterocycles. The molecule has 0 amide bonds. The Morgan fingerprint density at radius 3 is 2.62 bits per heavy atom. The highest BCUT2D eigenvalue weighted by Gasteiger charge is 2.04. The Morgan fingerprint density at radius 1 is 1.38 bits per heavy atom. The van der Waals surface area contributed by atoms with E-state index in [1.807, 2.05) is 7.05 Å². The Kier molecular flexibility index (Phi) is 2.68. The Bertz CT molecular complexity index is 476. The zero-order valence-electron chi connectivity index (χ0n) is 8.92. The van der Waals surface area contributed by atoms with E-state index >= 15 is 0 Å². The van der Waals surface area contributed by atoms with E-state index in [0.29, 0.717) is 18.2 Å². The molecular formula is C11H13N3O2. The van der Waals surface area contributed by atoms with Gasteiger partial charge in [0.05, 0.1) is 6.20 Å². The second kappa shape index (κ2) is 4.14. The Labute approximate surface area is 93.1 Å². The number of benzene rings is 1. The Morgan fingerprint density at radius 2 is 2.06 bits per heavy atom. The molecule has 0 aliphatic carbocycles. The molecule has 0 aliphatic rings. The van der Waals surface area contributed by atoms with Crippen molar-refractivity contribution in [3.05, 3.63) is 36.3 Å². The molecule has 0 radical (unpaired) electrons. The molecule has 1 aromatic heterocycles. The van der Waals surface area contributed by atoms with Crippen LogP contribution < -0.4 is 10.5 Å². The van der Waals surface area contributed by atoms with Gasteiger partial charge in [-0.25, -0.2) is 4.98 Å². The summed E-state index contributed by atoms with van der Waals surface area (Å²) in [6.07, 6.45) is 1.59. The molecule has 0 bridgehead atoms. The molecule has 1 aromatic carbocycles. The standard InChI is InChI=1S/C11H13N3O2/c1-14-10(12)6-13-11(14)7-16-9-4-2-8(15)3-5-9/h2-6,15H,7,12H2,1H3. The average Bonchev–Trinajstić information content (AvgIpc) is 2.60. The number of nitrogens with zero attached hydrogens (tertiary/aromatic N) is 2. The minimum Gasteiger partial charge on any atom is -0.508 e. The summed E-state index contributed by atoms with van der Waals surface area (Å²) < 4.78 is 7.26. The van der Waals surface area contributed by atoms with Crippen molar-refractivity contribution in [2.75, 3.05) is 5.73 Å². The molecule has 0 fully saturated rings. The lowest BCUT2D eigenvalue weighted by molar-refractivity contribution is 0.291. The lowest BCUT2D eigenvalue weighted by Gasteiger charge is -2.06. The van der Waals surface area contributed by atoms with Crippen LogP contribution in [0, 0.1) is 0 Å². The van der Waals surface area contributed by atoms with Gasteiger partial charge in [0.1, 0.15) is 29.7 Å². The van der Waals surface area contributed by atoms with Crippen molar-refractivity contribution >= 4 is 5.82 Å². The van der Waals surface area contributed by atoms with Crippen molar-refractivity contribution in [3.8, 4) is 11.5 Å².